The van der Waals surface area contributed by atoms with Crippen LogP contribution < -0.4 is 0 Å². The van der Waals surface area contributed by atoms with Crippen molar-refractivity contribution < 1.29 is 9.90 Å². The first-order valence-corrected chi connectivity index (χ1v) is 6.32. The molecule has 2 aliphatic heterocycles. The molecule has 16 heavy (non-hydrogen) atoms. The van der Waals surface area contributed by atoms with Gasteiger partial charge < -0.3 is 10.0 Å². The van der Waals surface area contributed by atoms with Crippen molar-refractivity contribution in [2.24, 2.45) is 5.92 Å². The second-order valence-electron chi connectivity index (χ2n) is 5.21. The van der Waals surface area contributed by atoms with Gasteiger partial charge >= 0.3 is 5.97 Å². The molecule has 0 aromatic rings. The minimum absolute atomic E-state index is 0.131. The summed E-state index contributed by atoms with van der Waals surface area (Å²) in [6.07, 6.45) is 4.30. The van der Waals surface area contributed by atoms with Crippen LogP contribution in [0.15, 0.2) is 0 Å². The third-order valence-electron chi connectivity index (χ3n) is 4.01. The van der Waals surface area contributed by atoms with Gasteiger partial charge in [-0.1, -0.05) is 0 Å². The summed E-state index contributed by atoms with van der Waals surface area (Å²) in [6.45, 7) is 4.17. The molecule has 0 bridgehead atoms. The van der Waals surface area contributed by atoms with Crippen molar-refractivity contribution in [1.29, 1.82) is 0 Å². The zero-order chi connectivity index (χ0) is 11.5. The summed E-state index contributed by atoms with van der Waals surface area (Å²) in [5.74, 6) is -0.744. The van der Waals surface area contributed by atoms with Gasteiger partial charge in [-0.2, -0.15) is 0 Å². The summed E-state index contributed by atoms with van der Waals surface area (Å²) in [6, 6.07) is 0.623. The van der Waals surface area contributed by atoms with Crippen LogP contribution in [0.3, 0.4) is 0 Å². The molecule has 1 N–H and O–H groups in total. The molecule has 2 aliphatic rings. The summed E-state index contributed by atoms with van der Waals surface area (Å²) < 4.78 is 0. The maximum Gasteiger partial charge on any atom is 0.307 e. The first-order valence-electron chi connectivity index (χ1n) is 6.32. The van der Waals surface area contributed by atoms with Crippen molar-refractivity contribution >= 4 is 5.97 Å². The Morgan fingerprint density at radius 2 is 1.88 bits per heavy atom. The lowest BCUT2D eigenvalue weighted by atomic mass is 9.94. The number of carboxylic acids is 1. The van der Waals surface area contributed by atoms with E-state index in [1.54, 1.807) is 0 Å². The molecule has 2 fully saturated rings. The molecule has 92 valence electrons. The molecule has 4 nitrogen and oxygen atoms in total. The molecule has 1 atom stereocenters. The highest BCUT2D eigenvalue weighted by atomic mass is 16.4. The smallest absolute Gasteiger partial charge is 0.307 e. The number of hydrogen-bond acceptors (Lipinski definition) is 3. The zero-order valence-electron chi connectivity index (χ0n) is 10.1. The van der Waals surface area contributed by atoms with Crippen LogP contribution >= 0.6 is 0 Å². The van der Waals surface area contributed by atoms with Crippen molar-refractivity contribution in [3.63, 3.8) is 0 Å². The number of hydrogen-bond donors (Lipinski definition) is 1. The largest absolute Gasteiger partial charge is 0.481 e. The Hall–Kier alpha value is -0.610. The van der Waals surface area contributed by atoms with Gasteiger partial charge in [0.25, 0.3) is 0 Å². The van der Waals surface area contributed by atoms with Gasteiger partial charge in [-0.25, -0.2) is 0 Å². The van der Waals surface area contributed by atoms with Crippen LogP contribution in [0, 0.1) is 5.92 Å². The number of aliphatic carboxylic acids is 1. The topological polar surface area (TPSA) is 43.8 Å². The van der Waals surface area contributed by atoms with Gasteiger partial charge in [0.05, 0.1) is 5.92 Å². The maximum atomic E-state index is 11.0. The van der Waals surface area contributed by atoms with Crippen molar-refractivity contribution in [1.82, 2.24) is 9.80 Å². The van der Waals surface area contributed by atoms with E-state index in [2.05, 4.69) is 16.8 Å². The Kier molecular flexibility index (Phi) is 3.82. The minimum Gasteiger partial charge on any atom is -0.481 e. The van der Waals surface area contributed by atoms with E-state index in [9.17, 15) is 4.79 Å². The molecule has 0 radical (unpaired) electrons. The SMILES string of the molecule is CN1CCC(N2CCC[C@H](C(=O)O)C2)CC1. The van der Waals surface area contributed by atoms with Crippen LogP contribution in [0.4, 0.5) is 0 Å². The fourth-order valence-electron chi connectivity index (χ4n) is 2.90. The summed E-state index contributed by atoms with van der Waals surface area (Å²) in [5, 5.41) is 9.06. The molecular formula is C12H22N2O2. The molecular weight excluding hydrogens is 204 g/mol. The number of nitrogens with zero attached hydrogens (tertiary/aromatic N) is 2. The molecule has 0 saturated carbocycles. The molecule has 0 amide bonds. The zero-order valence-corrected chi connectivity index (χ0v) is 10.1. The number of rotatable bonds is 2. The lowest BCUT2D eigenvalue weighted by Gasteiger charge is -2.40. The average Bonchev–Trinajstić information content (AvgIpc) is 2.30. The number of carboxylic acid groups (broad SMARTS) is 1. The molecule has 0 unspecified atom stereocenters. The van der Waals surface area contributed by atoms with E-state index in [-0.39, 0.29) is 5.92 Å². The van der Waals surface area contributed by atoms with Crippen LogP contribution in [0.5, 0.6) is 0 Å². The van der Waals surface area contributed by atoms with Gasteiger partial charge in [-0.15, -0.1) is 0 Å². The van der Waals surface area contributed by atoms with E-state index < -0.39 is 5.97 Å². The van der Waals surface area contributed by atoms with Crippen LogP contribution in [0.25, 0.3) is 0 Å². The van der Waals surface area contributed by atoms with Crippen LogP contribution in [0.1, 0.15) is 25.7 Å². The average molecular weight is 226 g/mol. The minimum atomic E-state index is -0.613. The number of piperidine rings is 2. The van der Waals surface area contributed by atoms with E-state index in [0.717, 1.165) is 39.0 Å². The van der Waals surface area contributed by atoms with Crippen LogP contribution in [0.2, 0.25) is 0 Å². The number of likely N-dealkylation sites (tertiary alicyclic amines) is 2. The van der Waals surface area contributed by atoms with Gasteiger partial charge in [-0.3, -0.25) is 9.69 Å². The summed E-state index contributed by atoms with van der Waals surface area (Å²) >= 11 is 0. The standard InChI is InChI=1S/C12H22N2O2/c1-13-7-4-11(5-8-13)14-6-2-3-10(9-14)12(15)16/h10-11H,2-9H2,1H3,(H,15,16)/t10-/m0/s1. The molecule has 2 rings (SSSR count). The summed E-state index contributed by atoms with van der Waals surface area (Å²) in [4.78, 5) is 15.8. The van der Waals surface area contributed by atoms with E-state index in [1.807, 2.05) is 0 Å². The lowest BCUT2D eigenvalue weighted by molar-refractivity contribution is -0.144. The monoisotopic (exact) mass is 226 g/mol. The fourth-order valence-corrected chi connectivity index (χ4v) is 2.90. The van der Waals surface area contributed by atoms with Gasteiger partial charge in [0, 0.05) is 12.6 Å². The summed E-state index contributed by atoms with van der Waals surface area (Å²) in [7, 11) is 2.16. The van der Waals surface area contributed by atoms with E-state index >= 15 is 0 Å². The highest BCUT2D eigenvalue weighted by Gasteiger charge is 2.30. The van der Waals surface area contributed by atoms with Crippen molar-refractivity contribution in [2.45, 2.75) is 31.7 Å². The Morgan fingerprint density at radius 3 is 2.50 bits per heavy atom. The first kappa shape index (κ1) is 11.9. The van der Waals surface area contributed by atoms with Crippen LogP contribution in [-0.4, -0.2) is 60.1 Å². The van der Waals surface area contributed by atoms with Gasteiger partial charge in [0.15, 0.2) is 0 Å². The molecule has 2 saturated heterocycles. The molecule has 0 aromatic heterocycles. The maximum absolute atomic E-state index is 11.0. The lowest BCUT2D eigenvalue weighted by Crippen LogP contribution is -2.48. The first-order chi connectivity index (χ1) is 7.66. The highest BCUT2D eigenvalue weighted by Crippen LogP contribution is 2.23. The van der Waals surface area contributed by atoms with E-state index in [1.165, 1.54) is 12.8 Å². The predicted molar refractivity (Wildman–Crippen MR) is 62.5 cm³/mol. The van der Waals surface area contributed by atoms with Crippen molar-refractivity contribution in [3.8, 4) is 0 Å². The number of carbonyl (C=O) groups is 1. The molecule has 0 spiro atoms. The van der Waals surface area contributed by atoms with Gasteiger partial charge in [0.2, 0.25) is 0 Å². The highest BCUT2D eigenvalue weighted by molar-refractivity contribution is 5.70. The Morgan fingerprint density at radius 1 is 1.19 bits per heavy atom. The van der Waals surface area contributed by atoms with E-state index in [4.69, 9.17) is 5.11 Å². The van der Waals surface area contributed by atoms with Crippen molar-refractivity contribution in [3.05, 3.63) is 0 Å². The quantitative estimate of drug-likeness (QED) is 0.759. The summed E-state index contributed by atoms with van der Waals surface area (Å²) in [5.41, 5.74) is 0. The van der Waals surface area contributed by atoms with E-state index in [0.29, 0.717) is 6.04 Å². The second-order valence-corrected chi connectivity index (χ2v) is 5.21. The normalized spacial score (nSPS) is 30.4. The van der Waals surface area contributed by atoms with Crippen LogP contribution in [-0.2, 0) is 4.79 Å². The molecule has 0 aliphatic carbocycles. The Labute approximate surface area is 97.2 Å². The fraction of sp³-hybridized carbons (Fsp3) is 0.917. The third-order valence-corrected chi connectivity index (χ3v) is 4.01. The molecule has 2 heterocycles. The van der Waals surface area contributed by atoms with Gasteiger partial charge in [-0.05, 0) is 52.4 Å². The molecule has 4 heteroatoms. The Bertz CT molecular complexity index is 249. The molecule has 0 aromatic carbocycles. The third kappa shape index (κ3) is 2.74. The Balaban J connectivity index is 1.87. The van der Waals surface area contributed by atoms with Gasteiger partial charge in [0.1, 0.15) is 0 Å². The van der Waals surface area contributed by atoms with Crippen molar-refractivity contribution in [2.75, 3.05) is 33.2 Å². The predicted octanol–water partition coefficient (Wildman–Crippen LogP) is 0.877. The second kappa shape index (κ2) is 5.15.